The molecule has 1 amide bonds. The molecule has 0 atom stereocenters. The van der Waals surface area contributed by atoms with Crippen LogP contribution >= 0.6 is 11.3 Å². The van der Waals surface area contributed by atoms with E-state index in [2.05, 4.69) is 15.4 Å². The predicted octanol–water partition coefficient (Wildman–Crippen LogP) is 0.468. The first kappa shape index (κ1) is 12.2. The fourth-order valence-corrected chi connectivity index (χ4v) is 1.98. The smallest absolute Gasteiger partial charge is 0.355 e. The van der Waals surface area contributed by atoms with Crippen LogP contribution in [0.2, 0.25) is 0 Å². The second-order valence-corrected chi connectivity index (χ2v) is 4.23. The number of rotatable bonds is 5. The van der Waals surface area contributed by atoms with Crippen molar-refractivity contribution in [3.8, 4) is 0 Å². The first-order valence-corrected chi connectivity index (χ1v) is 5.99. The second-order valence-electron chi connectivity index (χ2n) is 3.37. The molecule has 0 saturated heterocycles. The van der Waals surface area contributed by atoms with E-state index in [1.165, 1.54) is 5.38 Å². The monoisotopic (exact) mass is 266 g/mol. The standard InChI is InChI=1S/C10H10N4O3S/c15-8(9-13-7(6-18-9)10(16)17)11-3-5-14-4-1-2-12-14/h1-2,4,6H,3,5H2,(H,11,15)(H,16,17). The molecule has 2 heterocycles. The minimum atomic E-state index is -1.14. The van der Waals surface area contributed by atoms with Crippen LogP contribution in [0.5, 0.6) is 0 Å². The van der Waals surface area contributed by atoms with Crippen LogP contribution in [0.1, 0.15) is 20.3 Å². The lowest BCUT2D eigenvalue weighted by Crippen LogP contribution is -2.27. The molecule has 0 spiro atoms. The maximum atomic E-state index is 11.6. The average molecular weight is 266 g/mol. The van der Waals surface area contributed by atoms with Crippen molar-refractivity contribution in [1.29, 1.82) is 0 Å². The molecule has 18 heavy (non-hydrogen) atoms. The summed E-state index contributed by atoms with van der Waals surface area (Å²) in [5, 5.41) is 16.8. The third kappa shape index (κ3) is 2.92. The highest BCUT2D eigenvalue weighted by atomic mass is 32.1. The van der Waals surface area contributed by atoms with E-state index < -0.39 is 5.97 Å². The number of carbonyl (C=O) groups excluding carboxylic acids is 1. The molecular formula is C10H10N4O3S. The number of carboxylic acids is 1. The van der Waals surface area contributed by atoms with Gasteiger partial charge in [-0.15, -0.1) is 11.3 Å². The number of hydrogen-bond acceptors (Lipinski definition) is 5. The van der Waals surface area contributed by atoms with E-state index in [0.29, 0.717) is 13.1 Å². The molecule has 7 nitrogen and oxygen atoms in total. The van der Waals surface area contributed by atoms with Gasteiger partial charge in [0.05, 0.1) is 6.54 Å². The molecular weight excluding hydrogens is 256 g/mol. The maximum absolute atomic E-state index is 11.6. The predicted molar refractivity (Wildman–Crippen MR) is 63.6 cm³/mol. The Labute approximate surface area is 106 Å². The fraction of sp³-hybridized carbons (Fsp3) is 0.200. The van der Waals surface area contributed by atoms with Crippen molar-refractivity contribution < 1.29 is 14.7 Å². The van der Waals surface area contributed by atoms with Crippen LogP contribution in [-0.2, 0) is 6.54 Å². The first-order valence-electron chi connectivity index (χ1n) is 5.11. The number of thiazole rings is 1. The first-order chi connectivity index (χ1) is 8.66. The highest BCUT2D eigenvalue weighted by Gasteiger charge is 2.13. The zero-order valence-electron chi connectivity index (χ0n) is 9.24. The van der Waals surface area contributed by atoms with Crippen molar-refractivity contribution in [2.45, 2.75) is 6.54 Å². The summed E-state index contributed by atoms with van der Waals surface area (Å²) in [6.45, 7) is 0.957. The van der Waals surface area contributed by atoms with Crippen molar-refractivity contribution in [2.75, 3.05) is 6.54 Å². The molecule has 0 bridgehead atoms. The molecule has 0 fully saturated rings. The number of aromatic nitrogens is 3. The normalized spacial score (nSPS) is 10.2. The number of carbonyl (C=O) groups is 2. The zero-order chi connectivity index (χ0) is 13.0. The maximum Gasteiger partial charge on any atom is 0.355 e. The third-order valence-corrected chi connectivity index (χ3v) is 2.94. The third-order valence-electron chi connectivity index (χ3n) is 2.10. The van der Waals surface area contributed by atoms with E-state index in [4.69, 9.17) is 5.11 Å². The Hall–Kier alpha value is -2.22. The molecule has 2 rings (SSSR count). The van der Waals surface area contributed by atoms with Gasteiger partial charge in [0, 0.05) is 24.3 Å². The van der Waals surface area contributed by atoms with Crippen LogP contribution in [0, 0.1) is 0 Å². The van der Waals surface area contributed by atoms with Crippen molar-refractivity contribution in [2.24, 2.45) is 0 Å². The van der Waals surface area contributed by atoms with Gasteiger partial charge in [-0.3, -0.25) is 9.48 Å². The summed E-state index contributed by atoms with van der Waals surface area (Å²) in [6, 6.07) is 1.79. The number of nitrogens with one attached hydrogen (secondary N) is 1. The molecule has 8 heteroatoms. The van der Waals surface area contributed by atoms with E-state index in [9.17, 15) is 9.59 Å². The largest absolute Gasteiger partial charge is 0.476 e. The van der Waals surface area contributed by atoms with Crippen LogP contribution in [0.25, 0.3) is 0 Å². The quantitative estimate of drug-likeness (QED) is 0.819. The Morgan fingerprint density at radius 2 is 2.33 bits per heavy atom. The topological polar surface area (TPSA) is 97.1 Å². The Kier molecular flexibility index (Phi) is 3.68. The van der Waals surface area contributed by atoms with E-state index >= 15 is 0 Å². The van der Waals surface area contributed by atoms with Gasteiger partial charge in [0.15, 0.2) is 10.7 Å². The Morgan fingerprint density at radius 1 is 1.50 bits per heavy atom. The molecule has 0 saturated carbocycles. The average Bonchev–Trinajstić information content (AvgIpc) is 2.99. The summed E-state index contributed by atoms with van der Waals surface area (Å²) in [5.74, 6) is -1.51. The van der Waals surface area contributed by atoms with Gasteiger partial charge in [0.1, 0.15) is 0 Å². The lowest BCUT2D eigenvalue weighted by atomic mass is 10.5. The van der Waals surface area contributed by atoms with Gasteiger partial charge >= 0.3 is 5.97 Å². The van der Waals surface area contributed by atoms with Gasteiger partial charge in [-0.05, 0) is 6.07 Å². The Bertz CT molecular complexity index is 549. The van der Waals surface area contributed by atoms with E-state index in [-0.39, 0.29) is 16.6 Å². The number of amides is 1. The summed E-state index contributed by atoms with van der Waals surface area (Å²) in [4.78, 5) is 25.9. The van der Waals surface area contributed by atoms with Crippen LogP contribution in [0.4, 0.5) is 0 Å². The van der Waals surface area contributed by atoms with Gasteiger partial charge in [-0.2, -0.15) is 5.10 Å². The SMILES string of the molecule is O=C(O)c1csc(C(=O)NCCn2cccn2)n1. The van der Waals surface area contributed by atoms with E-state index in [0.717, 1.165) is 11.3 Å². The molecule has 0 aliphatic heterocycles. The minimum Gasteiger partial charge on any atom is -0.476 e. The Morgan fingerprint density at radius 3 is 2.94 bits per heavy atom. The van der Waals surface area contributed by atoms with Crippen LogP contribution in [-0.4, -0.2) is 38.3 Å². The molecule has 0 aliphatic rings. The Balaban J connectivity index is 1.85. The van der Waals surface area contributed by atoms with Crippen LogP contribution in [0.15, 0.2) is 23.8 Å². The van der Waals surface area contributed by atoms with Crippen molar-refractivity contribution >= 4 is 23.2 Å². The van der Waals surface area contributed by atoms with Gasteiger partial charge < -0.3 is 10.4 Å². The molecule has 2 N–H and O–H groups in total. The van der Waals surface area contributed by atoms with E-state index in [1.54, 1.807) is 23.1 Å². The molecule has 0 aromatic carbocycles. The number of nitrogens with zero attached hydrogens (tertiary/aromatic N) is 3. The molecule has 0 unspecified atom stereocenters. The van der Waals surface area contributed by atoms with Gasteiger partial charge in [0.25, 0.3) is 5.91 Å². The van der Waals surface area contributed by atoms with Gasteiger partial charge in [-0.25, -0.2) is 9.78 Å². The summed E-state index contributed by atoms with van der Waals surface area (Å²) in [6.07, 6.45) is 3.44. The highest BCUT2D eigenvalue weighted by molar-refractivity contribution is 7.11. The lowest BCUT2D eigenvalue weighted by Gasteiger charge is -2.02. The van der Waals surface area contributed by atoms with Gasteiger partial charge in [-0.1, -0.05) is 0 Å². The number of hydrogen-bond donors (Lipinski definition) is 2. The summed E-state index contributed by atoms with van der Waals surface area (Å²) in [5.41, 5.74) is -0.114. The summed E-state index contributed by atoms with van der Waals surface area (Å²) in [7, 11) is 0. The number of aromatic carboxylic acids is 1. The second kappa shape index (κ2) is 5.41. The van der Waals surface area contributed by atoms with Crippen molar-refractivity contribution in [1.82, 2.24) is 20.1 Å². The van der Waals surface area contributed by atoms with Gasteiger partial charge in [0.2, 0.25) is 0 Å². The number of carboxylic acid groups (broad SMARTS) is 1. The van der Waals surface area contributed by atoms with Crippen molar-refractivity contribution in [3.63, 3.8) is 0 Å². The highest BCUT2D eigenvalue weighted by Crippen LogP contribution is 2.09. The van der Waals surface area contributed by atoms with E-state index in [1.807, 2.05) is 0 Å². The molecule has 0 radical (unpaired) electrons. The summed E-state index contributed by atoms with van der Waals surface area (Å²) < 4.78 is 1.69. The van der Waals surface area contributed by atoms with Crippen LogP contribution in [0.3, 0.4) is 0 Å². The lowest BCUT2D eigenvalue weighted by molar-refractivity contribution is 0.0691. The minimum absolute atomic E-state index is 0.114. The summed E-state index contributed by atoms with van der Waals surface area (Å²) >= 11 is 1.01. The molecule has 94 valence electrons. The molecule has 2 aromatic rings. The molecule has 2 aromatic heterocycles. The van der Waals surface area contributed by atoms with Crippen molar-refractivity contribution in [3.05, 3.63) is 34.5 Å². The molecule has 0 aliphatic carbocycles. The fourth-order valence-electron chi connectivity index (χ4n) is 1.27. The van der Waals surface area contributed by atoms with Crippen LogP contribution < -0.4 is 5.32 Å². The zero-order valence-corrected chi connectivity index (χ0v) is 10.1.